The van der Waals surface area contributed by atoms with Crippen LogP contribution in [-0.2, 0) is 0 Å². The van der Waals surface area contributed by atoms with Gasteiger partial charge in [0, 0.05) is 25.3 Å². The molecule has 1 saturated heterocycles. The van der Waals surface area contributed by atoms with E-state index in [2.05, 4.69) is 15.3 Å². The number of H-pyrrole nitrogens is 1. The fraction of sp³-hybridized carbons (Fsp3) is 0.583. The molecule has 0 aromatic carbocycles. The van der Waals surface area contributed by atoms with E-state index < -0.39 is 0 Å². The largest absolute Gasteiger partial charge is 0.333 e. The number of nitrogens with zero attached hydrogens (tertiary/aromatic N) is 2. The Morgan fingerprint density at radius 3 is 3.00 bits per heavy atom. The van der Waals surface area contributed by atoms with Crippen molar-refractivity contribution in [2.75, 3.05) is 19.6 Å². The maximum Gasteiger partial charge on any atom is 0.274 e. The number of amides is 1. The van der Waals surface area contributed by atoms with Gasteiger partial charge >= 0.3 is 0 Å². The number of aromatic nitrogens is 2. The lowest BCUT2D eigenvalue weighted by atomic mass is 10.1. The minimum Gasteiger partial charge on any atom is -0.333 e. The quantitative estimate of drug-likeness (QED) is 0.790. The highest BCUT2D eigenvalue weighted by molar-refractivity contribution is 5.92. The van der Waals surface area contributed by atoms with Crippen LogP contribution in [-0.4, -0.2) is 46.5 Å². The van der Waals surface area contributed by atoms with Gasteiger partial charge in [-0.3, -0.25) is 9.59 Å². The zero-order valence-electron chi connectivity index (χ0n) is 10.5. The summed E-state index contributed by atoms with van der Waals surface area (Å²) in [6, 6.07) is 0.213. The molecule has 0 bridgehead atoms. The van der Waals surface area contributed by atoms with E-state index in [9.17, 15) is 9.59 Å². The standard InChI is InChI=1S/C12H18N4O2/c1-2-16(9-4-3-5-13-6-9)12(18)10-7-15-11(17)8-14-10/h7-9,13H,2-6H2,1H3,(H,15,17). The highest BCUT2D eigenvalue weighted by Crippen LogP contribution is 2.12. The maximum absolute atomic E-state index is 12.3. The van der Waals surface area contributed by atoms with Crippen molar-refractivity contribution < 1.29 is 4.79 Å². The molecular weight excluding hydrogens is 232 g/mol. The highest BCUT2D eigenvalue weighted by atomic mass is 16.2. The first-order chi connectivity index (χ1) is 8.72. The molecule has 1 aliphatic rings. The van der Waals surface area contributed by atoms with E-state index in [-0.39, 0.29) is 17.5 Å². The molecule has 1 amide bonds. The molecule has 2 rings (SSSR count). The number of aromatic amines is 1. The van der Waals surface area contributed by atoms with E-state index in [0.717, 1.165) is 32.1 Å². The molecule has 1 fully saturated rings. The Morgan fingerprint density at radius 1 is 1.61 bits per heavy atom. The number of carbonyl (C=O) groups is 1. The van der Waals surface area contributed by atoms with Gasteiger partial charge in [-0.2, -0.15) is 0 Å². The normalized spacial score (nSPS) is 19.5. The van der Waals surface area contributed by atoms with Gasteiger partial charge in [-0.15, -0.1) is 0 Å². The number of hydrogen-bond donors (Lipinski definition) is 2. The molecule has 0 radical (unpaired) electrons. The van der Waals surface area contributed by atoms with Crippen LogP contribution in [0, 0.1) is 0 Å². The molecule has 98 valence electrons. The Bertz CT molecular complexity index is 445. The summed E-state index contributed by atoms with van der Waals surface area (Å²) in [5, 5.41) is 3.29. The second-order valence-corrected chi connectivity index (χ2v) is 4.39. The fourth-order valence-corrected chi connectivity index (χ4v) is 2.27. The third kappa shape index (κ3) is 2.76. The first kappa shape index (κ1) is 12.8. The fourth-order valence-electron chi connectivity index (χ4n) is 2.27. The van der Waals surface area contributed by atoms with E-state index in [1.165, 1.54) is 6.20 Å². The molecule has 6 nitrogen and oxygen atoms in total. The van der Waals surface area contributed by atoms with E-state index >= 15 is 0 Å². The predicted molar refractivity (Wildman–Crippen MR) is 67.5 cm³/mol. The second kappa shape index (κ2) is 5.77. The third-order valence-corrected chi connectivity index (χ3v) is 3.20. The van der Waals surface area contributed by atoms with Crippen molar-refractivity contribution in [1.82, 2.24) is 20.2 Å². The van der Waals surface area contributed by atoms with Crippen molar-refractivity contribution in [3.63, 3.8) is 0 Å². The van der Waals surface area contributed by atoms with Crippen molar-refractivity contribution in [1.29, 1.82) is 0 Å². The van der Waals surface area contributed by atoms with Crippen LogP contribution in [0.4, 0.5) is 0 Å². The summed E-state index contributed by atoms with van der Waals surface area (Å²) >= 11 is 0. The molecule has 1 aliphatic heterocycles. The molecule has 0 spiro atoms. The molecule has 2 heterocycles. The lowest BCUT2D eigenvalue weighted by Crippen LogP contribution is -2.48. The number of carbonyl (C=O) groups excluding carboxylic acids is 1. The first-order valence-corrected chi connectivity index (χ1v) is 6.28. The molecule has 0 saturated carbocycles. The van der Waals surface area contributed by atoms with Crippen molar-refractivity contribution in [3.05, 3.63) is 28.4 Å². The van der Waals surface area contributed by atoms with Crippen LogP contribution >= 0.6 is 0 Å². The smallest absolute Gasteiger partial charge is 0.274 e. The van der Waals surface area contributed by atoms with Crippen LogP contribution in [0.15, 0.2) is 17.2 Å². The van der Waals surface area contributed by atoms with Gasteiger partial charge in [0.15, 0.2) is 0 Å². The lowest BCUT2D eigenvalue weighted by molar-refractivity contribution is 0.0655. The predicted octanol–water partition coefficient (Wildman–Crippen LogP) is -0.0160. The summed E-state index contributed by atoms with van der Waals surface area (Å²) < 4.78 is 0. The SMILES string of the molecule is CCN(C(=O)c1c[nH]c(=O)cn1)C1CCCNC1. The maximum atomic E-state index is 12.3. The van der Waals surface area contributed by atoms with E-state index in [1.54, 1.807) is 0 Å². The molecule has 1 atom stereocenters. The first-order valence-electron chi connectivity index (χ1n) is 6.28. The zero-order valence-corrected chi connectivity index (χ0v) is 10.5. The summed E-state index contributed by atoms with van der Waals surface area (Å²) in [4.78, 5) is 31.4. The topological polar surface area (TPSA) is 78.1 Å². The monoisotopic (exact) mass is 250 g/mol. The Balaban J connectivity index is 2.13. The second-order valence-electron chi connectivity index (χ2n) is 4.39. The minimum absolute atomic E-state index is 0.123. The summed E-state index contributed by atoms with van der Waals surface area (Å²) in [6.07, 6.45) is 4.60. The molecule has 1 aromatic heterocycles. The van der Waals surface area contributed by atoms with Crippen LogP contribution in [0.2, 0.25) is 0 Å². The Hall–Kier alpha value is -1.69. The van der Waals surface area contributed by atoms with Crippen LogP contribution in [0.3, 0.4) is 0 Å². The average Bonchev–Trinajstić information content (AvgIpc) is 2.41. The van der Waals surface area contributed by atoms with Crippen molar-refractivity contribution >= 4 is 5.91 Å². The number of nitrogens with one attached hydrogen (secondary N) is 2. The molecule has 18 heavy (non-hydrogen) atoms. The van der Waals surface area contributed by atoms with Crippen LogP contribution in [0.5, 0.6) is 0 Å². The number of hydrogen-bond acceptors (Lipinski definition) is 4. The summed E-state index contributed by atoms with van der Waals surface area (Å²) in [6.45, 7) is 4.44. The lowest BCUT2D eigenvalue weighted by Gasteiger charge is -2.33. The van der Waals surface area contributed by atoms with Gasteiger partial charge in [0.1, 0.15) is 5.69 Å². The van der Waals surface area contributed by atoms with Gasteiger partial charge in [-0.1, -0.05) is 0 Å². The minimum atomic E-state index is -0.297. The summed E-state index contributed by atoms with van der Waals surface area (Å²) in [5.41, 5.74) is -0.00375. The molecule has 6 heteroatoms. The summed E-state index contributed by atoms with van der Waals surface area (Å²) in [7, 11) is 0. The number of piperidine rings is 1. The van der Waals surface area contributed by atoms with Crippen LogP contribution in [0.1, 0.15) is 30.3 Å². The van der Waals surface area contributed by atoms with Gasteiger partial charge < -0.3 is 15.2 Å². The van der Waals surface area contributed by atoms with Crippen molar-refractivity contribution in [3.8, 4) is 0 Å². The van der Waals surface area contributed by atoms with Crippen LogP contribution in [0.25, 0.3) is 0 Å². The van der Waals surface area contributed by atoms with Crippen molar-refractivity contribution in [2.45, 2.75) is 25.8 Å². The Kier molecular flexibility index (Phi) is 4.09. The van der Waals surface area contributed by atoms with Gasteiger partial charge in [0.05, 0.1) is 6.20 Å². The molecule has 1 aromatic rings. The van der Waals surface area contributed by atoms with Gasteiger partial charge in [-0.25, -0.2) is 4.98 Å². The number of likely N-dealkylation sites (N-methyl/N-ethyl adjacent to an activating group) is 1. The zero-order chi connectivity index (χ0) is 13.0. The molecular formula is C12H18N4O2. The molecule has 2 N–H and O–H groups in total. The van der Waals surface area contributed by atoms with E-state index in [4.69, 9.17) is 0 Å². The Morgan fingerprint density at radius 2 is 2.44 bits per heavy atom. The van der Waals surface area contributed by atoms with E-state index in [0.29, 0.717) is 12.2 Å². The third-order valence-electron chi connectivity index (χ3n) is 3.20. The Labute approximate surface area is 105 Å². The van der Waals surface area contributed by atoms with E-state index in [1.807, 2.05) is 11.8 Å². The van der Waals surface area contributed by atoms with Gasteiger partial charge in [-0.05, 0) is 26.3 Å². The molecule has 0 aliphatic carbocycles. The summed E-state index contributed by atoms with van der Waals surface area (Å²) in [5.74, 6) is -0.123. The molecule has 1 unspecified atom stereocenters. The van der Waals surface area contributed by atoms with Gasteiger partial charge in [0.25, 0.3) is 11.5 Å². The van der Waals surface area contributed by atoms with Crippen molar-refractivity contribution in [2.24, 2.45) is 0 Å². The highest BCUT2D eigenvalue weighted by Gasteiger charge is 2.25. The van der Waals surface area contributed by atoms with Crippen LogP contribution < -0.4 is 10.9 Å². The van der Waals surface area contributed by atoms with Gasteiger partial charge in [0.2, 0.25) is 0 Å². The average molecular weight is 250 g/mol. The number of rotatable bonds is 3.